The van der Waals surface area contributed by atoms with E-state index in [0.717, 1.165) is 28.9 Å². The molecular weight excluding hydrogens is 362 g/mol. The van der Waals surface area contributed by atoms with Crippen LogP contribution < -0.4 is 10.2 Å². The Hall–Kier alpha value is -3.47. The molecule has 0 aliphatic carbocycles. The average molecular weight is 387 g/mol. The quantitative estimate of drug-likeness (QED) is 0.656. The molecule has 3 rings (SSSR count). The molecule has 0 atom stereocenters. The molecule has 0 saturated carbocycles. The van der Waals surface area contributed by atoms with Gasteiger partial charge in [0.15, 0.2) is 0 Å². The molecule has 0 bridgehead atoms. The van der Waals surface area contributed by atoms with E-state index in [9.17, 15) is 9.59 Å². The van der Waals surface area contributed by atoms with Crippen LogP contribution >= 0.6 is 0 Å². The SMILES string of the molecule is CCc1cccc(C)c1NC(=O)c1ccnc(C(=O)N(CC)c2ccccc2)c1. The van der Waals surface area contributed by atoms with E-state index in [1.54, 1.807) is 17.0 Å². The van der Waals surface area contributed by atoms with Crippen molar-refractivity contribution in [2.75, 3.05) is 16.8 Å². The van der Waals surface area contributed by atoms with Crippen LogP contribution in [0.15, 0.2) is 66.9 Å². The van der Waals surface area contributed by atoms with E-state index in [-0.39, 0.29) is 17.5 Å². The van der Waals surface area contributed by atoms with Crippen molar-refractivity contribution < 1.29 is 9.59 Å². The summed E-state index contributed by atoms with van der Waals surface area (Å²) in [5, 5.41) is 3.00. The zero-order chi connectivity index (χ0) is 20.8. The normalized spacial score (nSPS) is 10.4. The zero-order valence-corrected chi connectivity index (χ0v) is 17.0. The second kappa shape index (κ2) is 9.15. The molecular formula is C24H25N3O2. The molecule has 148 valence electrons. The highest BCUT2D eigenvalue weighted by molar-refractivity contribution is 6.09. The van der Waals surface area contributed by atoms with Gasteiger partial charge in [-0.2, -0.15) is 0 Å². The molecule has 0 radical (unpaired) electrons. The molecule has 1 aromatic heterocycles. The van der Waals surface area contributed by atoms with Gasteiger partial charge in [-0.25, -0.2) is 0 Å². The molecule has 2 aromatic carbocycles. The second-order valence-corrected chi connectivity index (χ2v) is 6.73. The smallest absolute Gasteiger partial charge is 0.276 e. The van der Waals surface area contributed by atoms with Gasteiger partial charge >= 0.3 is 0 Å². The van der Waals surface area contributed by atoms with Gasteiger partial charge in [-0.05, 0) is 55.7 Å². The fraction of sp³-hybridized carbons (Fsp3) is 0.208. The molecule has 0 saturated heterocycles. The van der Waals surface area contributed by atoms with Crippen molar-refractivity contribution in [1.29, 1.82) is 0 Å². The molecule has 5 heteroatoms. The third-order valence-electron chi connectivity index (χ3n) is 4.85. The molecule has 29 heavy (non-hydrogen) atoms. The molecule has 5 nitrogen and oxygen atoms in total. The Morgan fingerprint density at radius 2 is 1.76 bits per heavy atom. The number of rotatable bonds is 6. The van der Waals surface area contributed by atoms with Crippen LogP contribution in [-0.4, -0.2) is 23.3 Å². The average Bonchev–Trinajstić information content (AvgIpc) is 2.76. The number of pyridine rings is 1. The van der Waals surface area contributed by atoms with Gasteiger partial charge in [-0.15, -0.1) is 0 Å². The van der Waals surface area contributed by atoms with Gasteiger partial charge in [0, 0.05) is 29.7 Å². The number of hydrogen-bond donors (Lipinski definition) is 1. The minimum atomic E-state index is -0.256. The molecule has 1 heterocycles. The van der Waals surface area contributed by atoms with E-state index in [1.165, 1.54) is 6.20 Å². The highest BCUT2D eigenvalue weighted by atomic mass is 16.2. The van der Waals surface area contributed by atoms with Crippen LogP contribution in [0.5, 0.6) is 0 Å². The maximum atomic E-state index is 13.0. The summed E-state index contributed by atoms with van der Waals surface area (Å²) in [4.78, 5) is 31.7. The Kier molecular flexibility index (Phi) is 6.39. The summed E-state index contributed by atoms with van der Waals surface area (Å²) < 4.78 is 0. The zero-order valence-electron chi connectivity index (χ0n) is 17.0. The molecule has 0 unspecified atom stereocenters. The van der Waals surface area contributed by atoms with Crippen LogP contribution in [0.25, 0.3) is 0 Å². The number of carbonyl (C=O) groups excluding carboxylic acids is 2. The first-order chi connectivity index (χ1) is 14.0. The van der Waals surface area contributed by atoms with Crippen LogP contribution in [-0.2, 0) is 6.42 Å². The first-order valence-electron chi connectivity index (χ1n) is 9.78. The number of nitrogens with one attached hydrogen (secondary N) is 1. The number of aromatic nitrogens is 1. The number of anilines is 2. The summed E-state index contributed by atoms with van der Waals surface area (Å²) in [6.45, 7) is 6.43. The maximum absolute atomic E-state index is 13.0. The highest BCUT2D eigenvalue weighted by Gasteiger charge is 2.19. The van der Waals surface area contributed by atoms with E-state index in [0.29, 0.717) is 12.1 Å². The van der Waals surface area contributed by atoms with Crippen molar-refractivity contribution in [3.8, 4) is 0 Å². The van der Waals surface area contributed by atoms with Crippen LogP contribution in [0.4, 0.5) is 11.4 Å². The van der Waals surface area contributed by atoms with Crippen molar-refractivity contribution >= 4 is 23.2 Å². The first kappa shape index (κ1) is 20.3. The number of hydrogen-bond acceptors (Lipinski definition) is 3. The summed E-state index contributed by atoms with van der Waals surface area (Å²) in [6.07, 6.45) is 2.32. The Morgan fingerprint density at radius 1 is 1.00 bits per heavy atom. The molecule has 0 spiro atoms. The van der Waals surface area contributed by atoms with Crippen molar-refractivity contribution in [3.05, 3.63) is 89.2 Å². The van der Waals surface area contributed by atoms with E-state index >= 15 is 0 Å². The van der Waals surface area contributed by atoms with Crippen molar-refractivity contribution in [3.63, 3.8) is 0 Å². The number of amides is 2. The molecule has 0 aliphatic heterocycles. The van der Waals surface area contributed by atoms with Crippen LogP contribution in [0.3, 0.4) is 0 Å². The minimum Gasteiger partial charge on any atom is -0.321 e. The van der Waals surface area contributed by atoms with E-state index in [2.05, 4.69) is 17.2 Å². The number of nitrogens with zero attached hydrogens (tertiary/aromatic N) is 2. The monoisotopic (exact) mass is 387 g/mol. The lowest BCUT2D eigenvalue weighted by atomic mass is 10.1. The predicted octanol–water partition coefficient (Wildman–Crippen LogP) is 4.87. The molecule has 2 amide bonds. The standard InChI is InChI=1S/C24H25N3O2/c1-4-18-11-9-10-17(3)22(18)26-23(28)19-14-15-25-21(16-19)24(29)27(5-2)20-12-7-6-8-13-20/h6-16H,4-5H2,1-3H3,(H,26,28). The third-order valence-corrected chi connectivity index (χ3v) is 4.85. The third kappa shape index (κ3) is 4.51. The van der Waals surface area contributed by atoms with E-state index < -0.39 is 0 Å². The van der Waals surface area contributed by atoms with Gasteiger partial charge in [-0.3, -0.25) is 14.6 Å². The molecule has 0 aliphatic rings. The van der Waals surface area contributed by atoms with Crippen LogP contribution in [0, 0.1) is 6.92 Å². The second-order valence-electron chi connectivity index (χ2n) is 6.73. The summed E-state index contributed by atoms with van der Waals surface area (Å²) in [6, 6.07) is 18.6. The van der Waals surface area contributed by atoms with Crippen molar-refractivity contribution in [1.82, 2.24) is 4.98 Å². The number of para-hydroxylation sites is 2. The lowest BCUT2D eigenvalue weighted by Gasteiger charge is -2.20. The molecule has 1 N–H and O–H groups in total. The topological polar surface area (TPSA) is 62.3 Å². The Labute approximate surface area is 171 Å². The maximum Gasteiger partial charge on any atom is 0.276 e. The van der Waals surface area contributed by atoms with Crippen molar-refractivity contribution in [2.45, 2.75) is 27.2 Å². The molecule has 0 fully saturated rings. The Balaban J connectivity index is 1.86. The lowest BCUT2D eigenvalue weighted by Crippen LogP contribution is -2.31. The summed E-state index contributed by atoms with van der Waals surface area (Å²) >= 11 is 0. The van der Waals surface area contributed by atoms with Gasteiger partial charge < -0.3 is 10.2 Å². The highest BCUT2D eigenvalue weighted by Crippen LogP contribution is 2.22. The van der Waals surface area contributed by atoms with E-state index in [1.807, 2.05) is 62.4 Å². The van der Waals surface area contributed by atoms with Crippen LogP contribution in [0.2, 0.25) is 0 Å². The Bertz CT molecular complexity index is 1020. The number of benzene rings is 2. The van der Waals surface area contributed by atoms with Gasteiger partial charge in [0.1, 0.15) is 5.69 Å². The number of aryl methyl sites for hydroxylation is 2. The predicted molar refractivity (Wildman–Crippen MR) is 117 cm³/mol. The van der Waals surface area contributed by atoms with Crippen molar-refractivity contribution in [2.24, 2.45) is 0 Å². The molecule has 3 aromatic rings. The van der Waals surface area contributed by atoms with Crippen LogP contribution in [0.1, 0.15) is 45.8 Å². The largest absolute Gasteiger partial charge is 0.321 e. The minimum absolute atomic E-state index is 0.238. The fourth-order valence-electron chi connectivity index (χ4n) is 3.27. The summed E-state index contributed by atoms with van der Waals surface area (Å²) in [7, 11) is 0. The fourth-order valence-corrected chi connectivity index (χ4v) is 3.27. The van der Waals surface area contributed by atoms with Gasteiger partial charge in [0.2, 0.25) is 0 Å². The first-order valence-corrected chi connectivity index (χ1v) is 9.78. The van der Waals surface area contributed by atoms with Gasteiger partial charge in [-0.1, -0.05) is 43.3 Å². The van der Waals surface area contributed by atoms with Gasteiger partial charge in [0.05, 0.1) is 0 Å². The van der Waals surface area contributed by atoms with E-state index in [4.69, 9.17) is 0 Å². The summed E-state index contributed by atoms with van der Waals surface area (Å²) in [5.74, 6) is -0.494. The number of carbonyl (C=O) groups is 2. The van der Waals surface area contributed by atoms with Gasteiger partial charge in [0.25, 0.3) is 11.8 Å². The summed E-state index contributed by atoms with van der Waals surface area (Å²) in [5.41, 5.74) is 4.34. The lowest BCUT2D eigenvalue weighted by molar-refractivity contribution is 0.0983. The Morgan fingerprint density at radius 3 is 2.45 bits per heavy atom.